The Bertz CT molecular complexity index is 706. The third-order valence-electron chi connectivity index (χ3n) is 4.92. The highest BCUT2D eigenvalue weighted by Crippen LogP contribution is 2.26. The molecular weight excluding hydrogens is 300 g/mol. The fourth-order valence-electron chi connectivity index (χ4n) is 3.47. The van der Waals surface area contributed by atoms with E-state index in [4.69, 9.17) is 5.73 Å². The molecule has 1 amide bonds. The largest absolute Gasteiger partial charge is 0.346 e. The monoisotopic (exact) mass is 328 g/mol. The van der Waals surface area contributed by atoms with E-state index in [1.807, 2.05) is 6.07 Å². The minimum atomic E-state index is 0.0463. The molecular formula is C19H28N4O. The van der Waals surface area contributed by atoms with Gasteiger partial charge in [-0.1, -0.05) is 12.5 Å². The van der Waals surface area contributed by atoms with Crippen molar-refractivity contribution in [3.8, 4) is 0 Å². The summed E-state index contributed by atoms with van der Waals surface area (Å²) < 4.78 is 2.24. The van der Waals surface area contributed by atoms with Crippen LogP contribution in [0.15, 0.2) is 30.5 Å². The van der Waals surface area contributed by atoms with Crippen LogP contribution in [0.1, 0.15) is 25.7 Å². The van der Waals surface area contributed by atoms with Crippen molar-refractivity contribution in [2.24, 2.45) is 11.7 Å². The number of amides is 1. The van der Waals surface area contributed by atoms with Crippen LogP contribution in [0.3, 0.4) is 0 Å². The van der Waals surface area contributed by atoms with Crippen LogP contribution in [0.4, 0.5) is 5.69 Å². The van der Waals surface area contributed by atoms with Gasteiger partial charge in [0.1, 0.15) is 0 Å². The fourth-order valence-corrected chi connectivity index (χ4v) is 3.47. The van der Waals surface area contributed by atoms with Gasteiger partial charge < -0.3 is 20.5 Å². The summed E-state index contributed by atoms with van der Waals surface area (Å²) in [4.78, 5) is 14.7. The average molecular weight is 328 g/mol. The molecule has 1 aliphatic carbocycles. The molecule has 1 fully saturated rings. The van der Waals surface area contributed by atoms with Crippen LogP contribution in [-0.4, -0.2) is 42.1 Å². The number of carbonyl (C=O) groups is 1. The molecule has 2 unspecified atom stereocenters. The van der Waals surface area contributed by atoms with Crippen molar-refractivity contribution in [3.05, 3.63) is 30.5 Å². The predicted octanol–water partition coefficient (Wildman–Crippen LogP) is 2.66. The second-order valence-electron chi connectivity index (χ2n) is 7.20. The molecule has 1 aliphatic rings. The number of nitrogens with two attached hydrogens (primary N) is 1. The van der Waals surface area contributed by atoms with Crippen molar-refractivity contribution in [2.75, 3.05) is 26.0 Å². The number of carbonyl (C=O) groups excluding carboxylic acids is 1. The Labute approximate surface area is 143 Å². The number of hydrogen-bond acceptors (Lipinski definition) is 3. The van der Waals surface area contributed by atoms with E-state index >= 15 is 0 Å². The summed E-state index contributed by atoms with van der Waals surface area (Å²) in [7, 11) is 4.15. The molecule has 1 heterocycles. The first-order valence-corrected chi connectivity index (χ1v) is 8.83. The van der Waals surface area contributed by atoms with Gasteiger partial charge in [-0.25, -0.2) is 0 Å². The van der Waals surface area contributed by atoms with Crippen LogP contribution in [0, 0.1) is 5.92 Å². The normalized spacial score (nSPS) is 21.3. The zero-order valence-electron chi connectivity index (χ0n) is 14.7. The lowest BCUT2D eigenvalue weighted by atomic mass is 9.85. The predicted molar refractivity (Wildman–Crippen MR) is 99.1 cm³/mol. The standard InChI is InChI=1S/C19H28N4O/c1-22(2)10-11-23-9-8-14-6-7-17(13-18(14)23)21-19(24)15-4-3-5-16(20)12-15/h6-9,13,15-16H,3-5,10-12,20H2,1-2H3,(H,21,24). The summed E-state index contributed by atoms with van der Waals surface area (Å²) in [6.07, 6.45) is 5.94. The molecule has 0 aliphatic heterocycles. The van der Waals surface area contributed by atoms with Gasteiger partial charge in [0.2, 0.25) is 5.91 Å². The number of rotatable bonds is 5. The van der Waals surface area contributed by atoms with Gasteiger partial charge in [-0.15, -0.1) is 0 Å². The Balaban J connectivity index is 1.72. The van der Waals surface area contributed by atoms with Crippen LogP contribution in [0.25, 0.3) is 10.9 Å². The Hall–Kier alpha value is -1.85. The maximum absolute atomic E-state index is 12.5. The van der Waals surface area contributed by atoms with E-state index in [1.165, 1.54) is 5.39 Å². The number of anilines is 1. The Morgan fingerprint density at radius 3 is 2.92 bits per heavy atom. The molecule has 130 valence electrons. The van der Waals surface area contributed by atoms with Crippen LogP contribution in [0.5, 0.6) is 0 Å². The summed E-state index contributed by atoms with van der Waals surface area (Å²) >= 11 is 0. The summed E-state index contributed by atoms with van der Waals surface area (Å²) in [5, 5.41) is 4.29. The first-order chi connectivity index (χ1) is 11.5. The molecule has 24 heavy (non-hydrogen) atoms. The maximum Gasteiger partial charge on any atom is 0.227 e. The third kappa shape index (κ3) is 3.97. The molecule has 5 heteroatoms. The zero-order chi connectivity index (χ0) is 17.1. The van der Waals surface area contributed by atoms with Gasteiger partial charge in [0.15, 0.2) is 0 Å². The Kier molecular flexibility index (Phi) is 5.21. The number of nitrogens with one attached hydrogen (secondary N) is 1. The number of aromatic nitrogens is 1. The van der Waals surface area contributed by atoms with E-state index in [1.54, 1.807) is 0 Å². The molecule has 2 aromatic rings. The van der Waals surface area contributed by atoms with Crippen molar-refractivity contribution >= 4 is 22.5 Å². The molecule has 5 nitrogen and oxygen atoms in total. The van der Waals surface area contributed by atoms with Crippen LogP contribution in [-0.2, 0) is 11.3 Å². The van der Waals surface area contributed by atoms with Gasteiger partial charge in [-0.05, 0) is 56.9 Å². The van der Waals surface area contributed by atoms with Gasteiger partial charge in [0, 0.05) is 36.9 Å². The third-order valence-corrected chi connectivity index (χ3v) is 4.92. The van der Waals surface area contributed by atoms with Crippen LogP contribution in [0.2, 0.25) is 0 Å². The maximum atomic E-state index is 12.5. The summed E-state index contributed by atoms with van der Waals surface area (Å²) in [6.45, 7) is 1.92. The Morgan fingerprint density at radius 1 is 1.33 bits per heavy atom. The molecule has 1 aromatic carbocycles. The molecule has 0 bridgehead atoms. The number of nitrogens with zero attached hydrogens (tertiary/aromatic N) is 2. The van der Waals surface area contributed by atoms with Crippen LogP contribution < -0.4 is 11.1 Å². The Morgan fingerprint density at radius 2 is 2.17 bits per heavy atom. The fraction of sp³-hybridized carbons (Fsp3) is 0.526. The number of benzene rings is 1. The summed E-state index contributed by atoms with van der Waals surface area (Å²) in [6, 6.07) is 8.42. The lowest BCUT2D eigenvalue weighted by molar-refractivity contribution is -0.120. The van der Waals surface area contributed by atoms with E-state index in [0.29, 0.717) is 0 Å². The number of fused-ring (bicyclic) bond motifs is 1. The zero-order valence-corrected chi connectivity index (χ0v) is 14.7. The molecule has 1 aromatic heterocycles. The van der Waals surface area contributed by atoms with Crippen molar-refractivity contribution < 1.29 is 4.79 Å². The first kappa shape index (κ1) is 17.0. The van der Waals surface area contributed by atoms with E-state index in [2.05, 4.69) is 53.3 Å². The minimum absolute atomic E-state index is 0.0463. The van der Waals surface area contributed by atoms with E-state index < -0.39 is 0 Å². The van der Waals surface area contributed by atoms with Crippen molar-refractivity contribution in [2.45, 2.75) is 38.3 Å². The average Bonchev–Trinajstić information content (AvgIpc) is 2.95. The number of hydrogen-bond donors (Lipinski definition) is 2. The minimum Gasteiger partial charge on any atom is -0.346 e. The van der Waals surface area contributed by atoms with Crippen LogP contribution >= 0.6 is 0 Å². The quantitative estimate of drug-likeness (QED) is 0.887. The molecule has 2 atom stereocenters. The van der Waals surface area contributed by atoms with Gasteiger partial charge in [-0.3, -0.25) is 4.79 Å². The second-order valence-corrected chi connectivity index (χ2v) is 7.20. The van der Waals surface area contributed by atoms with Gasteiger partial charge in [0.05, 0.1) is 5.52 Å². The molecule has 1 saturated carbocycles. The SMILES string of the molecule is CN(C)CCn1ccc2ccc(NC(=O)C3CCCC(N)C3)cc21. The molecule has 0 spiro atoms. The summed E-state index contributed by atoms with van der Waals surface area (Å²) in [5.74, 6) is 0.154. The van der Waals surface area contributed by atoms with E-state index in [0.717, 1.165) is 50.0 Å². The van der Waals surface area contributed by atoms with Crippen molar-refractivity contribution in [3.63, 3.8) is 0 Å². The molecule has 3 N–H and O–H groups in total. The highest BCUT2D eigenvalue weighted by Gasteiger charge is 2.25. The van der Waals surface area contributed by atoms with Gasteiger partial charge in [-0.2, -0.15) is 0 Å². The highest BCUT2D eigenvalue weighted by atomic mass is 16.1. The molecule has 3 rings (SSSR count). The highest BCUT2D eigenvalue weighted by molar-refractivity contribution is 5.95. The first-order valence-electron chi connectivity index (χ1n) is 8.83. The number of likely N-dealkylation sites (N-methyl/N-ethyl adjacent to an activating group) is 1. The smallest absolute Gasteiger partial charge is 0.227 e. The van der Waals surface area contributed by atoms with Crippen molar-refractivity contribution in [1.29, 1.82) is 0 Å². The lowest BCUT2D eigenvalue weighted by Crippen LogP contribution is -2.34. The molecule has 0 saturated heterocycles. The summed E-state index contributed by atoms with van der Waals surface area (Å²) in [5.41, 5.74) is 8.04. The van der Waals surface area contributed by atoms with Gasteiger partial charge >= 0.3 is 0 Å². The van der Waals surface area contributed by atoms with E-state index in [-0.39, 0.29) is 17.9 Å². The van der Waals surface area contributed by atoms with Gasteiger partial charge in [0.25, 0.3) is 0 Å². The molecule has 0 radical (unpaired) electrons. The van der Waals surface area contributed by atoms with Crippen molar-refractivity contribution in [1.82, 2.24) is 9.47 Å². The lowest BCUT2D eigenvalue weighted by Gasteiger charge is -2.25. The second kappa shape index (κ2) is 7.36. The van der Waals surface area contributed by atoms with E-state index in [9.17, 15) is 4.79 Å². The topological polar surface area (TPSA) is 63.3 Å².